The minimum Gasteiger partial charge on any atom is -0.451 e. The van der Waals surface area contributed by atoms with Crippen LogP contribution in [0, 0.1) is 0 Å². The maximum atomic E-state index is 12.1. The van der Waals surface area contributed by atoms with E-state index >= 15 is 0 Å². The Morgan fingerprint density at radius 3 is 2.64 bits per heavy atom. The fraction of sp³-hybridized carbons (Fsp3) is 0.389. The van der Waals surface area contributed by atoms with Gasteiger partial charge in [-0.1, -0.05) is 20.3 Å². The van der Waals surface area contributed by atoms with Crippen LogP contribution in [-0.2, 0) is 29.4 Å². The Bertz CT molecular complexity index is 776. The van der Waals surface area contributed by atoms with Crippen LogP contribution in [0.1, 0.15) is 50.9 Å². The number of imide groups is 1. The molecule has 0 fully saturated rings. The highest BCUT2D eigenvalue weighted by molar-refractivity contribution is 7.14. The lowest BCUT2D eigenvalue weighted by atomic mass is 10.1. The van der Waals surface area contributed by atoms with Gasteiger partial charge in [-0.05, 0) is 36.6 Å². The number of ether oxygens (including phenoxy) is 1. The van der Waals surface area contributed by atoms with Crippen molar-refractivity contribution in [2.24, 2.45) is 7.05 Å². The van der Waals surface area contributed by atoms with Crippen LogP contribution in [0.4, 0.5) is 0 Å². The summed E-state index contributed by atoms with van der Waals surface area (Å²) in [7, 11) is 1.70. The number of hydrogen-bond acceptors (Lipinski definition) is 5. The van der Waals surface area contributed by atoms with Crippen LogP contribution in [0.5, 0.6) is 0 Å². The Balaban J connectivity index is 1.90. The van der Waals surface area contributed by atoms with Gasteiger partial charge in [-0.2, -0.15) is 0 Å². The molecule has 2 rings (SSSR count). The van der Waals surface area contributed by atoms with Gasteiger partial charge in [0.15, 0.2) is 6.61 Å². The van der Waals surface area contributed by atoms with E-state index < -0.39 is 24.4 Å². The lowest BCUT2D eigenvalue weighted by Gasteiger charge is -2.05. The van der Waals surface area contributed by atoms with Crippen LogP contribution in [-0.4, -0.2) is 29.0 Å². The van der Waals surface area contributed by atoms with Crippen molar-refractivity contribution in [2.45, 2.75) is 33.1 Å². The number of rotatable bonds is 7. The minimum atomic E-state index is -0.652. The first-order valence-corrected chi connectivity index (χ1v) is 9.02. The molecule has 7 heteroatoms. The number of nitrogens with zero attached hydrogens (tertiary/aromatic N) is 1. The highest BCUT2D eigenvalue weighted by atomic mass is 32.1. The number of nitrogens with one attached hydrogen (secondary N) is 1. The number of carbonyl (C=O) groups is 3. The second kappa shape index (κ2) is 8.62. The van der Waals surface area contributed by atoms with Crippen molar-refractivity contribution in [3.8, 4) is 0 Å². The van der Waals surface area contributed by atoms with Crippen molar-refractivity contribution in [1.29, 1.82) is 0 Å². The van der Waals surface area contributed by atoms with Crippen molar-refractivity contribution >= 4 is 29.1 Å². The first kappa shape index (κ1) is 18.9. The van der Waals surface area contributed by atoms with Crippen LogP contribution in [0.25, 0.3) is 0 Å². The molecule has 2 aromatic rings. The standard InChI is InChI=1S/C18H22N2O4S/c1-4-7-14-12(5-2)10-15(25-14)18(23)24-11-16(21)19-17(22)13-8-6-9-20(13)3/h6,8-10H,4-5,7,11H2,1-3H3,(H,19,21,22). The summed E-state index contributed by atoms with van der Waals surface area (Å²) >= 11 is 1.41. The van der Waals surface area contributed by atoms with E-state index in [1.807, 2.05) is 13.0 Å². The van der Waals surface area contributed by atoms with Crippen molar-refractivity contribution in [3.05, 3.63) is 45.4 Å². The van der Waals surface area contributed by atoms with Gasteiger partial charge >= 0.3 is 5.97 Å². The molecule has 0 aliphatic carbocycles. The zero-order valence-electron chi connectivity index (χ0n) is 14.6. The van der Waals surface area contributed by atoms with Crippen LogP contribution >= 0.6 is 11.3 Å². The number of aryl methyl sites for hydroxylation is 3. The molecule has 25 heavy (non-hydrogen) atoms. The molecule has 2 aromatic heterocycles. The predicted octanol–water partition coefficient (Wildman–Crippen LogP) is 2.71. The lowest BCUT2D eigenvalue weighted by molar-refractivity contribution is -0.123. The minimum absolute atomic E-state index is 0.356. The predicted molar refractivity (Wildman–Crippen MR) is 95.9 cm³/mol. The summed E-state index contributed by atoms with van der Waals surface area (Å²) in [5.74, 6) is -1.72. The molecule has 1 N–H and O–H groups in total. The fourth-order valence-electron chi connectivity index (χ4n) is 2.43. The van der Waals surface area contributed by atoms with Crippen molar-refractivity contribution < 1.29 is 19.1 Å². The molecule has 134 valence electrons. The zero-order valence-corrected chi connectivity index (χ0v) is 15.4. The average molecular weight is 362 g/mol. The van der Waals surface area contributed by atoms with E-state index in [1.165, 1.54) is 16.2 Å². The van der Waals surface area contributed by atoms with Crippen molar-refractivity contribution in [1.82, 2.24) is 9.88 Å². The molecular weight excluding hydrogens is 340 g/mol. The van der Waals surface area contributed by atoms with Crippen LogP contribution in [0.2, 0.25) is 0 Å². The summed E-state index contributed by atoms with van der Waals surface area (Å²) in [6, 6.07) is 5.13. The molecule has 0 atom stereocenters. The number of amides is 2. The van der Waals surface area contributed by atoms with Crippen molar-refractivity contribution in [3.63, 3.8) is 0 Å². The van der Waals surface area contributed by atoms with Gasteiger partial charge < -0.3 is 9.30 Å². The van der Waals surface area contributed by atoms with Gasteiger partial charge in [-0.3, -0.25) is 14.9 Å². The topological polar surface area (TPSA) is 77.4 Å². The molecule has 2 heterocycles. The Morgan fingerprint density at radius 1 is 1.28 bits per heavy atom. The first-order chi connectivity index (χ1) is 12.0. The molecular formula is C18H22N2O4S. The Morgan fingerprint density at radius 2 is 2.04 bits per heavy atom. The van der Waals surface area contributed by atoms with Crippen LogP contribution in [0.3, 0.4) is 0 Å². The number of carbonyl (C=O) groups excluding carboxylic acids is 3. The molecule has 0 spiro atoms. The molecule has 0 aliphatic heterocycles. The van der Waals surface area contributed by atoms with Crippen LogP contribution in [0.15, 0.2) is 24.4 Å². The first-order valence-electron chi connectivity index (χ1n) is 8.20. The van der Waals surface area contributed by atoms with Gasteiger partial charge in [0.1, 0.15) is 10.6 Å². The normalized spacial score (nSPS) is 10.5. The number of hydrogen-bond donors (Lipinski definition) is 1. The van der Waals surface area contributed by atoms with Gasteiger partial charge in [0.25, 0.3) is 11.8 Å². The summed E-state index contributed by atoms with van der Waals surface area (Å²) in [5, 5.41) is 2.21. The Kier molecular flexibility index (Phi) is 6.52. The molecule has 0 saturated carbocycles. The maximum absolute atomic E-state index is 12.1. The highest BCUT2D eigenvalue weighted by Crippen LogP contribution is 2.25. The number of thiophene rings is 1. The third kappa shape index (κ3) is 4.79. The third-order valence-electron chi connectivity index (χ3n) is 3.72. The molecule has 0 unspecified atom stereocenters. The molecule has 6 nitrogen and oxygen atoms in total. The highest BCUT2D eigenvalue weighted by Gasteiger charge is 2.18. The quantitative estimate of drug-likeness (QED) is 0.768. The molecule has 0 aromatic carbocycles. The van der Waals surface area contributed by atoms with E-state index in [4.69, 9.17) is 4.74 Å². The van der Waals surface area contributed by atoms with Gasteiger partial charge in [0.2, 0.25) is 0 Å². The Labute approximate surface area is 150 Å². The summed E-state index contributed by atoms with van der Waals surface area (Å²) < 4.78 is 6.63. The van der Waals surface area contributed by atoms with E-state index in [9.17, 15) is 14.4 Å². The van der Waals surface area contributed by atoms with Gasteiger partial charge in [-0.15, -0.1) is 11.3 Å². The summed E-state index contributed by atoms with van der Waals surface area (Å²) in [6.45, 7) is 3.64. The molecule has 0 bridgehead atoms. The second-order valence-electron chi connectivity index (χ2n) is 5.62. The Hall–Kier alpha value is -2.41. The summed E-state index contributed by atoms with van der Waals surface area (Å²) in [5.41, 5.74) is 1.50. The summed E-state index contributed by atoms with van der Waals surface area (Å²) in [4.78, 5) is 37.5. The maximum Gasteiger partial charge on any atom is 0.348 e. The van der Waals surface area contributed by atoms with E-state index in [1.54, 1.807) is 29.9 Å². The number of aromatic nitrogens is 1. The SMILES string of the molecule is CCCc1sc(C(=O)OCC(=O)NC(=O)c2cccn2C)cc1CC. The third-order valence-corrected chi connectivity index (χ3v) is 4.94. The van der Waals surface area contributed by atoms with E-state index in [-0.39, 0.29) is 0 Å². The second-order valence-corrected chi connectivity index (χ2v) is 6.76. The van der Waals surface area contributed by atoms with E-state index in [0.717, 1.165) is 24.8 Å². The molecule has 0 saturated heterocycles. The average Bonchev–Trinajstić information content (AvgIpc) is 3.19. The molecule has 2 amide bonds. The zero-order chi connectivity index (χ0) is 18.4. The molecule has 0 radical (unpaired) electrons. The van der Waals surface area contributed by atoms with Crippen molar-refractivity contribution in [2.75, 3.05) is 6.61 Å². The van der Waals surface area contributed by atoms with E-state index in [2.05, 4.69) is 12.2 Å². The van der Waals surface area contributed by atoms with Crippen LogP contribution < -0.4 is 5.32 Å². The van der Waals surface area contributed by atoms with Gasteiger partial charge in [0, 0.05) is 18.1 Å². The largest absolute Gasteiger partial charge is 0.451 e. The van der Waals surface area contributed by atoms with Gasteiger partial charge in [0.05, 0.1) is 0 Å². The molecule has 0 aliphatic rings. The lowest BCUT2D eigenvalue weighted by Crippen LogP contribution is -2.35. The number of esters is 1. The smallest absolute Gasteiger partial charge is 0.348 e. The fourth-order valence-corrected chi connectivity index (χ4v) is 3.68. The van der Waals surface area contributed by atoms with E-state index in [0.29, 0.717) is 10.6 Å². The van der Waals surface area contributed by atoms with Gasteiger partial charge in [-0.25, -0.2) is 4.79 Å². The summed E-state index contributed by atoms with van der Waals surface area (Å²) in [6.07, 6.45) is 4.48. The monoisotopic (exact) mass is 362 g/mol.